The quantitative estimate of drug-likeness (QED) is 0.819. The molecule has 0 aliphatic carbocycles. The number of hydrogen-bond acceptors (Lipinski definition) is 3. The van der Waals surface area contributed by atoms with Crippen molar-refractivity contribution < 1.29 is 13.5 Å². The van der Waals surface area contributed by atoms with Gasteiger partial charge < -0.3 is 5.11 Å². The van der Waals surface area contributed by atoms with Crippen molar-refractivity contribution in [1.29, 1.82) is 0 Å². The van der Waals surface area contributed by atoms with E-state index < -0.39 is 10.0 Å². The molecular weight excluding hydrogens is 286 g/mol. The Balaban J connectivity index is 3.11. The monoisotopic (exact) mass is 309 g/mol. The van der Waals surface area contributed by atoms with E-state index in [9.17, 15) is 8.42 Å². The summed E-state index contributed by atoms with van der Waals surface area (Å²) in [6.07, 6.45) is 1.20. The van der Waals surface area contributed by atoms with Gasteiger partial charge in [0.2, 0.25) is 10.0 Å². The molecule has 1 N–H and O–H groups in total. The van der Waals surface area contributed by atoms with Crippen LogP contribution in [0.1, 0.15) is 37.8 Å². The van der Waals surface area contributed by atoms with Crippen LogP contribution in [0.15, 0.2) is 23.1 Å². The summed E-state index contributed by atoms with van der Waals surface area (Å²) in [5.74, 6) is 5.79. The minimum Gasteiger partial charge on any atom is -0.395 e. The van der Waals surface area contributed by atoms with Gasteiger partial charge in [-0.25, -0.2) is 8.42 Å². The van der Waals surface area contributed by atoms with Crippen molar-refractivity contribution in [2.75, 3.05) is 19.7 Å². The number of aliphatic hydroxyl groups excluding tert-OH is 1. The van der Waals surface area contributed by atoms with Gasteiger partial charge in [0.05, 0.1) is 11.5 Å². The number of hydrogen-bond donors (Lipinski definition) is 1. The molecule has 0 spiro atoms. The second kappa shape index (κ2) is 8.18. The highest BCUT2D eigenvalue weighted by Crippen LogP contribution is 2.19. The maximum atomic E-state index is 12.5. The number of sulfonamides is 1. The van der Waals surface area contributed by atoms with Crippen LogP contribution >= 0.6 is 0 Å². The van der Waals surface area contributed by atoms with Crippen molar-refractivity contribution in [3.8, 4) is 11.8 Å². The first-order valence-electron chi connectivity index (χ1n) is 7.17. The number of benzene rings is 1. The van der Waals surface area contributed by atoms with Gasteiger partial charge >= 0.3 is 0 Å². The second-order valence-electron chi connectivity index (χ2n) is 4.75. The first-order valence-corrected chi connectivity index (χ1v) is 8.61. The largest absolute Gasteiger partial charge is 0.395 e. The Morgan fingerprint density at radius 3 is 2.52 bits per heavy atom. The molecule has 0 fully saturated rings. The molecule has 0 bridgehead atoms. The van der Waals surface area contributed by atoms with Gasteiger partial charge in [0.1, 0.15) is 0 Å². The lowest BCUT2D eigenvalue weighted by molar-refractivity contribution is 0.305. The van der Waals surface area contributed by atoms with Gasteiger partial charge in [-0.3, -0.25) is 0 Å². The normalized spacial score (nSPS) is 11.3. The van der Waals surface area contributed by atoms with Crippen LogP contribution in [0.25, 0.3) is 0 Å². The van der Waals surface area contributed by atoms with Gasteiger partial charge in [-0.15, -0.1) is 0 Å². The Morgan fingerprint density at radius 1 is 1.29 bits per heavy atom. The van der Waals surface area contributed by atoms with Crippen LogP contribution in [0.3, 0.4) is 0 Å². The van der Waals surface area contributed by atoms with E-state index in [1.807, 2.05) is 20.8 Å². The van der Waals surface area contributed by atoms with Gasteiger partial charge in [0.25, 0.3) is 0 Å². The zero-order valence-electron chi connectivity index (χ0n) is 12.9. The minimum absolute atomic E-state index is 0.0288. The molecule has 5 heteroatoms. The van der Waals surface area contributed by atoms with Crippen LogP contribution in [0, 0.1) is 18.8 Å². The first kappa shape index (κ1) is 17.7. The van der Waals surface area contributed by atoms with Gasteiger partial charge in [0, 0.05) is 25.1 Å². The van der Waals surface area contributed by atoms with E-state index in [-0.39, 0.29) is 6.61 Å². The number of aryl methyl sites for hydroxylation is 1. The molecule has 0 aromatic heterocycles. The maximum Gasteiger partial charge on any atom is 0.243 e. The van der Waals surface area contributed by atoms with E-state index in [0.717, 1.165) is 17.5 Å². The average Bonchev–Trinajstić information content (AvgIpc) is 2.46. The Morgan fingerprint density at radius 2 is 2.00 bits per heavy atom. The summed E-state index contributed by atoms with van der Waals surface area (Å²) in [7, 11) is -3.43. The fraction of sp³-hybridized carbons (Fsp3) is 0.500. The third-order valence-electron chi connectivity index (χ3n) is 3.12. The highest BCUT2D eigenvalue weighted by Gasteiger charge is 2.22. The molecule has 0 atom stereocenters. The molecular formula is C16H23NO3S. The summed E-state index contributed by atoms with van der Waals surface area (Å²) >= 11 is 0. The molecule has 21 heavy (non-hydrogen) atoms. The molecule has 1 aromatic rings. The van der Waals surface area contributed by atoms with Crippen LogP contribution in [-0.4, -0.2) is 37.5 Å². The van der Waals surface area contributed by atoms with Crippen molar-refractivity contribution in [1.82, 2.24) is 4.31 Å². The zero-order chi connectivity index (χ0) is 15.9. The Labute approximate surface area is 127 Å². The summed E-state index contributed by atoms with van der Waals surface area (Å²) in [5.41, 5.74) is 1.62. The average molecular weight is 309 g/mol. The molecule has 1 rings (SSSR count). The molecule has 0 radical (unpaired) electrons. The lowest BCUT2D eigenvalue weighted by atomic mass is 10.1. The van der Waals surface area contributed by atoms with Crippen molar-refractivity contribution in [2.24, 2.45) is 0 Å². The minimum atomic E-state index is -3.43. The highest BCUT2D eigenvalue weighted by molar-refractivity contribution is 7.89. The van der Waals surface area contributed by atoms with E-state index in [4.69, 9.17) is 5.11 Å². The van der Waals surface area contributed by atoms with Gasteiger partial charge in [-0.2, -0.15) is 4.31 Å². The van der Waals surface area contributed by atoms with E-state index in [1.165, 1.54) is 4.31 Å². The summed E-state index contributed by atoms with van der Waals surface area (Å²) in [6, 6.07) is 4.99. The predicted octanol–water partition coefficient (Wildman–Crippen LogP) is 2.15. The standard InChI is InChI=1S/C16H23NO3S/c1-4-11-17(5-2)21(19,20)16-10-9-15(14(3)13-16)8-6-7-12-18/h9-10,13,18H,4-5,7,11-12H2,1-3H3. The molecule has 0 saturated heterocycles. The summed E-state index contributed by atoms with van der Waals surface area (Å²) in [4.78, 5) is 0.308. The van der Waals surface area contributed by atoms with Crippen molar-refractivity contribution >= 4 is 10.0 Å². The maximum absolute atomic E-state index is 12.5. The third-order valence-corrected chi connectivity index (χ3v) is 5.09. The topological polar surface area (TPSA) is 57.6 Å². The van der Waals surface area contributed by atoms with Gasteiger partial charge in [0.15, 0.2) is 0 Å². The molecule has 0 heterocycles. The van der Waals surface area contributed by atoms with Crippen LogP contribution in [0.2, 0.25) is 0 Å². The molecule has 4 nitrogen and oxygen atoms in total. The number of nitrogens with zero attached hydrogens (tertiary/aromatic N) is 1. The SMILES string of the molecule is CCCN(CC)S(=O)(=O)c1ccc(C#CCCO)c(C)c1. The van der Waals surface area contributed by atoms with Gasteiger partial charge in [-0.1, -0.05) is 25.7 Å². The van der Waals surface area contributed by atoms with Crippen molar-refractivity contribution in [3.05, 3.63) is 29.3 Å². The lowest BCUT2D eigenvalue weighted by Gasteiger charge is -2.20. The first-order chi connectivity index (χ1) is 9.97. The number of rotatable bonds is 6. The van der Waals surface area contributed by atoms with Crippen molar-refractivity contribution in [2.45, 2.75) is 38.5 Å². The molecule has 0 saturated carbocycles. The van der Waals surface area contributed by atoms with Crippen molar-refractivity contribution in [3.63, 3.8) is 0 Å². The van der Waals surface area contributed by atoms with Crippen LogP contribution in [0.5, 0.6) is 0 Å². The third kappa shape index (κ3) is 4.57. The molecule has 0 aliphatic rings. The second-order valence-corrected chi connectivity index (χ2v) is 6.69. The van der Waals surface area contributed by atoms with E-state index >= 15 is 0 Å². The smallest absolute Gasteiger partial charge is 0.243 e. The fourth-order valence-electron chi connectivity index (χ4n) is 2.00. The predicted molar refractivity (Wildman–Crippen MR) is 84.5 cm³/mol. The lowest BCUT2D eigenvalue weighted by Crippen LogP contribution is -2.31. The summed E-state index contributed by atoms with van der Waals surface area (Å²) in [5, 5.41) is 8.72. The van der Waals surface area contributed by atoms with Crippen LogP contribution in [0.4, 0.5) is 0 Å². The molecule has 0 unspecified atom stereocenters. The van der Waals surface area contributed by atoms with E-state index in [2.05, 4.69) is 11.8 Å². The summed E-state index contributed by atoms with van der Waals surface area (Å²) < 4.78 is 26.6. The molecule has 116 valence electrons. The van der Waals surface area contributed by atoms with Gasteiger partial charge in [-0.05, 0) is 37.1 Å². The Bertz CT molecular complexity index is 627. The summed E-state index contributed by atoms with van der Waals surface area (Å²) in [6.45, 7) is 6.67. The highest BCUT2D eigenvalue weighted by atomic mass is 32.2. The molecule has 0 amide bonds. The molecule has 1 aromatic carbocycles. The van der Waals surface area contributed by atoms with E-state index in [1.54, 1.807) is 18.2 Å². The molecule has 0 aliphatic heterocycles. The van der Waals surface area contributed by atoms with Crippen LogP contribution in [-0.2, 0) is 10.0 Å². The van der Waals surface area contributed by atoms with Crippen LogP contribution < -0.4 is 0 Å². The number of aliphatic hydroxyl groups is 1. The fourth-order valence-corrected chi connectivity index (χ4v) is 3.62. The Kier molecular flexibility index (Phi) is 6.90. The Hall–Kier alpha value is -1.35. The van der Waals surface area contributed by atoms with E-state index in [0.29, 0.717) is 24.4 Å². The zero-order valence-corrected chi connectivity index (χ0v) is 13.7.